The van der Waals surface area contributed by atoms with E-state index in [-0.39, 0.29) is 24.3 Å². The summed E-state index contributed by atoms with van der Waals surface area (Å²) in [5, 5.41) is 2.81. The van der Waals surface area contributed by atoms with Crippen molar-refractivity contribution in [2.24, 2.45) is 5.92 Å². The Labute approximate surface area is 123 Å². The zero-order valence-electron chi connectivity index (χ0n) is 12.1. The number of amides is 1. The molecule has 0 spiro atoms. The van der Waals surface area contributed by atoms with Gasteiger partial charge < -0.3 is 19.5 Å². The van der Waals surface area contributed by atoms with Crippen molar-refractivity contribution in [2.45, 2.75) is 12.5 Å². The first kappa shape index (κ1) is 15.3. The quantitative estimate of drug-likeness (QED) is 0.627. The molecule has 21 heavy (non-hydrogen) atoms. The van der Waals surface area contributed by atoms with Crippen LogP contribution in [0.15, 0.2) is 24.3 Å². The summed E-state index contributed by atoms with van der Waals surface area (Å²) in [7, 11) is 2.94. The van der Waals surface area contributed by atoms with Crippen molar-refractivity contribution in [3.63, 3.8) is 0 Å². The Kier molecular flexibility index (Phi) is 5.16. The number of carbonyl (C=O) groups is 2. The largest absolute Gasteiger partial charge is 0.491 e. The Hall–Kier alpha value is -2.08. The molecule has 0 radical (unpaired) electrons. The Morgan fingerprint density at radius 1 is 1.24 bits per heavy atom. The fourth-order valence-electron chi connectivity index (χ4n) is 2.35. The molecule has 114 valence electrons. The summed E-state index contributed by atoms with van der Waals surface area (Å²) in [6.07, 6.45) is 0.156. The van der Waals surface area contributed by atoms with Crippen molar-refractivity contribution >= 4 is 11.9 Å². The van der Waals surface area contributed by atoms with Crippen LogP contribution in [-0.4, -0.2) is 39.3 Å². The fraction of sp³-hybridized carbons (Fsp3) is 0.467. The minimum atomic E-state index is -0.484. The number of benzene rings is 1. The van der Waals surface area contributed by atoms with E-state index in [1.807, 2.05) is 24.3 Å². The molecule has 1 saturated heterocycles. The first-order valence-corrected chi connectivity index (χ1v) is 6.74. The molecule has 1 aliphatic heterocycles. The lowest BCUT2D eigenvalue weighted by Crippen LogP contribution is -2.25. The van der Waals surface area contributed by atoms with Gasteiger partial charge in [-0.15, -0.1) is 0 Å². The predicted octanol–water partition coefficient (Wildman–Crippen LogP) is 1.06. The lowest BCUT2D eigenvalue weighted by atomic mass is 9.94. The molecule has 1 N–H and O–H groups in total. The van der Waals surface area contributed by atoms with Crippen LogP contribution in [-0.2, 0) is 19.1 Å². The maximum atomic E-state index is 11.7. The zero-order chi connectivity index (χ0) is 15.2. The fourth-order valence-corrected chi connectivity index (χ4v) is 2.35. The minimum absolute atomic E-state index is 0.143. The van der Waals surface area contributed by atoms with E-state index in [1.54, 1.807) is 7.11 Å². The van der Waals surface area contributed by atoms with Gasteiger partial charge in [-0.1, -0.05) is 12.1 Å². The van der Waals surface area contributed by atoms with Crippen LogP contribution in [0.5, 0.6) is 5.75 Å². The number of nitrogens with one attached hydrogen (secondary N) is 1. The van der Waals surface area contributed by atoms with E-state index >= 15 is 0 Å². The molecule has 1 amide bonds. The van der Waals surface area contributed by atoms with Gasteiger partial charge in [-0.25, -0.2) is 0 Å². The van der Waals surface area contributed by atoms with Crippen LogP contribution in [0.2, 0.25) is 0 Å². The van der Waals surface area contributed by atoms with Crippen LogP contribution in [0, 0.1) is 5.92 Å². The van der Waals surface area contributed by atoms with Gasteiger partial charge in [0.1, 0.15) is 12.4 Å². The van der Waals surface area contributed by atoms with Crippen LogP contribution < -0.4 is 10.1 Å². The summed E-state index contributed by atoms with van der Waals surface area (Å²) in [4.78, 5) is 23.3. The summed E-state index contributed by atoms with van der Waals surface area (Å²) in [5.74, 6) is -0.285. The van der Waals surface area contributed by atoms with Crippen molar-refractivity contribution in [1.29, 1.82) is 0 Å². The molecule has 2 atom stereocenters. The first-order chi connectivity index (χ1) is 10.2. The topological polar surface area (TPSA) is 73.9 Å². The van der Waals surface area contributed by atoms with E-state index in [1.165, 1.54) is 7.11 Å². The van der Waals surface area contributed by atoms with Gasteiger partial charge in [-0.2, -0.15) is 0 Å². The first-order valence-electron chi connectivity index (χ1n) is 6.74. The Morgan fingerprint density at radius 2 is 1.95 bits per heavy atom. The summed E-state index contributed by atoms with van der Waals surface area (Å²) < 4.78 is 15.1. The number of methoxy groups -OCH3 is 2. The Bertz CT molecular complexity index is 499. The van der Waals surface area contributed by atoms with Crippen molar-refractivity contribution in [3.05, 3.63) is 29.8 Å². The van der Waals surface area contributed by atoms with Crippen molar-refractivity contribution in [3.8, 4) is 5.75 Å². The summed E-state index contributed by atoms with van der Waals surface area (Å²) >= 11 is 0. The third-order valence-corrected chi connectivity index (χ3v) is 3.42. The molecule has 6 nitrogen and oxygen atoms in total. The Morgan fingerprint density at radius 3 is 2.57 bits per heavy atom. The third kappa shape index (κ3) is 3.72. The standard InChI is InChI=1S/C15H19NO5/c1-19-7-8-21-11-5-3-10(4-6-11)14-12(15(18)20-2)9-13(17)16-14/h3-6,12,14H,7-9H2,1-2H3,(H,16,17)/t12-,14-/m1/s1. The SMILES string of the molecule is COCCOc1ccc([C@H]2NC(=O)C[C@H]2C(=O)OC)cc1. The monoisotopic (exact) mass is 293 g/mol. The zero-order valence-corrected chi connectivity index (χ0v) is 12.1. The van der Waals surface area contributed by atoms with Gasteiger partial charge in [0.05, 0.1) is 25.7 Å². The number of esters is 1. The van der Waals surface area contributed by atoms with E-state index in [2.05, 4.69) is 5.32 Å². The molecular weight excluding hydrogens is 274 g/mol. The summed E-state index contributed by atoms with van der Waals surface area (Å²) in [6.45, 7) is 0.992. The molecule has 0 bridgehead atoms. The van der Waals surface area contributed by atoms with E-state index in [4.69, 9.17) is 14.2 Å². The van der Waals surface area contributed by atoms with Crippen molar-refractivity contribution in [1.82, 2.24) is 5.32 Å². The van der Waals surface area contributed by atoms with Gasteiger partial charge in [-0.05, 0) is 17.7 Å². The summed E-state index contributed by atoms with van der Waals surface area (Å²) in [6, 6.07) is 6.95. The molecule has 2 rings (SSSR count). The highest BCUT2D eigenvalue weighted by atomic mass is 16.5. The molecular formula is C15H19NO5. The second-order valence-corrected chi connectivity index (χ2v) is 4.79. The lowest BCUT2D eigenvalue weighted by molar-refractivity contribution is -0.146. The summed E-state index contributed by atoms with van der Waals surface area (Å²) in [5.41, 5.74) is 0.857. The highest BCUT2D eigenvalue weighted by Gasteiger charge is 2.39. The van der Waals surface area contributed by atoms with Crippen molar-refractivity contribution in [2.75, 3.05) is 27.4 Å². The van der Waals surface area contributed by atoms with E-state index in [0.717, 1.165) is 11.3 Å². The van der Waals surface area contributed by atoms with Gasteiger partial charge >= 0.3 is 5.97 Å². The van der Waals surface area contributed by atoms with Gasteiger partial charge in [0.25, 0.3) is 0 Å². The van der Waals surface area contributed by atoms with Crippen molar-refractivity contribution < 1.29 is 23.8 Å². The minimum Gasteiger partial charge on any atom is -0.491 e. The average Bonchev–Trinajstić information content (AvgIpc) is 2.89. The predicted molar refractivity (Wildman–Crippen MR) is 74.8 cm³/mol. The smallest absolute Gasteiger partial charge is 0.311 e. The van der Waals surface area contributed by atoms with Crippen LogP contribution >= 0.6 is 0 Å². The van der Waals surface area contributed by atoms with Crippen LogP contribution in [0.3, 0.4) is 0 Å². The van der Waals surface area contributed by atoms with E-state index < -0.39 is 5.92 Å². The third-order valence-electron chi connectivity index (χ3n) is 3.42. The normalized spacial score (nSPS) is 21.0. The molecule has 0 unspecified atom stereocenters. The molecule has 0 saturated carbocycles. The molecule has 1 heterocycles. The number of hydrogen-bond acceptors (Lipinski definition) is 5. The van der Waals surface area contributed by atoms with Crippen LogP contribution in [0.25, 0.3) is 0 Å². The van der Waals surface area contributed by atoms with E-state index in [9.17, 15) is 9.59 Å². The second-order valence-electron chi connectivity index (χ2n) is 4.79. The molecule has 1 aromatic rings. The van der Waals surface area contributed by atoms with Gasteiger partial charge in [0.2, 0.25) is 5.91 Å². The number of hydrogen-bond donors (Lipinski definition) is 1. The second kappa shape index (κ2) is 7.08. The highest BCUT2D eigenvalue weighted by Crippen LogP contribution is 2.32. The molecule has 1 fully saturated rings. The van der Waals surface area contributed by atoms with Crippen LogP contribution in [0.4, 0.5) is 0 Å². The maximum Gasteiger partial charge on any atom is 0.311 e. The highest BCUT2D eigenvalue weighted by molar-refractivity contribution is 5.87. The maximum absolute atomic E-state index is 11.7. The van der Waals surface area contributed by atoms with Gasteiger partial charge in [0, 0.05) is 13.5 Å². The van der Waals surface area contributed by atoms with E-state index in [0.29, 0.717) is 13.2 Å². The average molecular weight is 293 g/mol. The lowest BCUT2D eigenvalue weighted by Gasteiger charge is -2.17. The number of ether oxygens (including phenoxy) is 3. The van der Waals surface area contributed by atoms with Gasteiger partial charge in [-0.3, -0.25) is 9.59 Å². The molecule has 1 aromatic carbocycles. The van der Waals surface area contributed by atoms with Gasteiger partial charge in [0.15, 0.2) is 0 Å². The van der Waals surface area contributed by atoms with Crippen LogP contribution in [0.1, 0.15) is 18.0 Å². The molecule has 6 heteroatoms. The molecule has 1 aliphatic rings. The molecule has 0 aromatic heterocycles. The molecule has 0 aliphatic carbocycles. The number of carbonyl (C=O) groups excluding carboxylic acids is 2. The Balaban J connectivity index is 2.06. The number of rotatable bonds is 6.